The first kappa shape index (κ1) is 20.4. The van der Waals surface area contributed by atoms with Crippen LogP contribution in [0, 0.1) is 26.2 Å². The summed E-state index contributed by atoms with van der Waals surface area (Å²) < 4.78 is 41.8. The number of aryl methyl sites for hydroxylation is 3. The van der Waals surface area contributed by atoms with Gasteiger partial charge in [-0.2, -0.15) is 17.7 Å². The molecule has 0 saturated carbocycles. The summed E-state index contributed by atoms with van der Waals surface area (Å²) >= 11 is 0. The summed E-state index contributed by atoms with van der Waals surface area (Å²) in [6.07, 6.45) is -4.26. The first-order chi connectivity index (χ1) is 12.9. The third kappa shape index (κ3) is 3.65. The molecular weight excluding hydrogens is 359 g/mol. The first-order valence-corrected chi connectivity index (χ1v) is 9.47. The predicted molar refractivity (Wildman–Crippen MR) is 108 cm³/mol. The summed E-state index contributed by atoms with van der Waals surface area (Å²) in [6, 6.07) is 14.0. The Bertz CT molecular complexity index is 1050. The topological polar surface area (TPSA) is 3.88 Å². The lowest BCUT2D eigenvalue weighted by Crippen LogP contribution is -2.34. The zero-order valence-electron chi connectivity index (χ0n) is 17.3. The largest absolute Gasteiger partial charge is 0.394 e. The maximum absolute atomic E-state index is 13.2. The predicted octanol–water partition coefficient (Wildman–Crippen LogP) is 6.39. The Kier molecular flexibility index (Phi) is 5.03. The minimum Gasteiger partial charge on any atom is -0.194 e. The Labute approximate surface area is 164 Å². The van der Waals surface area contributed by atoms with Crippen molar-refractivity contribution in [1.82, 2.24) is 0 Å². The number of hydrogen-bond donors (Lipinski definition) is 0. The number of nitrogens with zero attached hydrogens (tertiary/aromatic N) is 1. The lowest BCUT2D eigenvalue weighted by molar-refractivity contribution is -0.633. The van der Waals surface area contributed by atoms with Crippen LogP contribution in [0.15, 0.2) is 42.5 Å². The summed E-state index contributed by atoms with van der Waals surface area (Å²) in [5.41, 5.74) is 5.94. The number of halogens is 3. The summed E-state index contributed by atoms with van der Waals surface area (Å²) in [5.74, 6) is 0. The monoisotopic (exact) mass is 386 g/mol. The average Bonchev–Trinajstić information content (AvgIpc) is 2.57. The fraction of sp³-hybridized carbons (Fsp3) is 0.375. The lowest BCUT2D eigenvalue weighted by Gasteiger charge is -2.27. The van der Waals surface area contributed by atoms with E-state index in [2.05, 4.69) is 43.5 Å². The smallest absolute Gasteiger partial charge is 0.194 e. The Balaban J connectivity index is 2.07. The molecule has 4 heteroatoms. The molecule has 0 radical (unpaired) electrons. The Hall–Kier alpha value is -2.36. The van der Waals surface area contributed by atoms with E-state index in [0.717, 1.165) is 16.6 Å². The van der Waals surface area contributed by atoms with E-state index in [0.29, 0.717) is 5.56 Å². The van der Waals surface area contributed by atoms with Crippen LogP contribution in [0.1, 0.15) is 36.1 Å². The van der Waals surface area contributed by atoms with Crippen molar-refractivity contribution < 1.29 is 17.7 Å². The highest BCUT2D eigenvalue weighted by Crippen LogP contribution is 2.40. The van der Waals surface area contributed by atoms with Crippen molar-refractivity contribution in [2.45, 2.75) is 47.2 Å². The fourth-order valence-corrected chi connectivity index (χ4v) is 3.75. The molecule has 0 atom stereocenters. The highest BCUT2D eigenvalue weighted by Gasteiger charge is 2.47. The molecule has 0 amide bonds. The number of rotatable bonds is 3. The molecule has 3 aromatic rings. The molecule has 0 spiro atoms. The maximum Gasteiger partial charge on any atom is 0.394 e. The van der Waals surface area contributed by atoms with Crippen molar-refractivity contribution in [1.29, 1.82) is 0 Å². The van der Waals surface area contributed by atoms with E-state index in [9.17, 15) is 13.2 Å². The quantitative estimate of drug-likeness (QED) is 0.459. The van der Waals surface area contributed by atoms with Crippen LogP contribution in [0.25, 0.3) is 22.2 Å². The lowest BCUT2D eigenvalue weighted by atomic mass is 9.85. The van der Waals surface area contributed by atoms with Gasteiger partial charge in [-0.05, 0) is 62.1 Å². The Morgan fingerprint density at radius 3 is 2.21 bits per heavy atom. The van der Waals surface area contributed by atoms with Crippen molar-refractivity contribution in [2.24, 2.45) is 12.5 Å². The van der Waals surface area contributed by atoms with Gasteiger partial charge in [0.1, 0.15) is 7.05 Å². The SMILES string of the molecule is Cc1cc(C)c(C)c(-c2ccc3cc(CC(C)(C)C(F)(F)F)ccc3[n+]2C)c1. The second-order valence-electron chi connectivity index (χ2n) is 8.48. The van der Waals surface area contributed by atoms with Gasteiger partial charge in [0, 0.05) is 23.1 Å². The van der Waals surface area contributed by atoms with Crippen LogP contribution >= 0.6 is 0 Å². The third-order valence-corrected chi connectivity index (χ3v) is 5.74. The summed E-state index contributed by atoms with van der Waals surface area (Å²) in [4.78, 5) is 0. The van der Waals surface area contributed by atoms with Gasteiger partial charge >= 0.3 is 6.18 Å². The third-order valence-electron chi connectivity index (χ3n) is 5.74. The van der Waals surface area contributed by atoms with Crippen molar-refractivity contribution in [3.63, 3.8) is 0 Å². The van der Waals surface area contributed by atoms with Crippen LogP contribution in [0.2, 0.25) is 0 Å². The van der Waals surface area contributed by atoms with Gasteiger partial charge in [-0.25, -0.2) is 0 Å². The van der Waals surface area contributed by atoms with Crippen LogP contribution in [0.3, 0.4) is 0 Å². The van der Waals surface area contributed by atoms with Crippen LogP contribution in [0.5, 0.6) is 0 Å². The second-order valence-corrected chi connectivity index (χ2v) is 8.48. The van der Waals surface area contributed by atoms with Gasteiger partial charge in [-0.15, -0.1) is 0 Å². The van der Waals surface area contributed by atoms with Gasteiger partial charge in [-0.1, -0.05) is 31.5 Å². The molecule has 0 saturated heterocycles. The molecule has 0 unspecified atom stereocenters. The van der Waals surface area contributed by atoms with Crippen molar-refractivity contribution in [3.8, 4) is 11.3 Å². The number of aromatic nitrogens is 1. The van der Waals surface area contributed by atoms with Gasteiger partial charge in [-0.3, -0.25) is 0 Å². The first-order valence-electron chi connectivity index (χ1n) is 9.47. The van der Waals surface area contributed by atoms with E-state index in [-0.39, 0.29) is 6.42 Å². The molecule has 1 nitrogen and oxygen atoms in total. The minimum atomic E-state index is -4.23. The summed E-state index contributed by atoms with van der Waals surface area (Å²) in [5, 5.41) is 0.948. The molecule has 0 N–H and O–H groups in total. The van der Waals surface area contributed by atoms with Crippen LogP contribution in [-0.4, -0.2) is 6.18 Å². The molecule has 3 rings (SSSR count). The Morgan fingerprint density at radius 2 is 1.57 bits per heavy atom. The summed E-state index contributed by atoms with van der Waals surface area (Å²) in [7, 11) is 2.01. The number of fused-ring (bicyclic) bond motifs is 1. The van der Waals surface area contributed by atoms with E-state index in [1.165, 1.54) is 36.1 Å². The molecule has 2 aromatic carbocycles. The van der Waals surface area contributed by atoms with Gasteiger partial charge in [0.05, 0.1) is 5.41 Å². The van der Waals surface area contributed by atoms with Gasteiger partial charge in [0.2, 0.25) is 11.2 Å². The van der Waals surface area contributed by atoms with Gasteiger partial charge in [0.25, 0.3) is 0 Å². The van der Waals surface area contributed by atoms with E-state index in [1.54, 1.807) is 0 Å². The zero-order valence-corrected chi connectivity index (χ0v) is 17.3. The van der Waals surface area contributed by atoms with Crippen LogP contribution < -0.4 is 4.57 Å². The molecule has 0 aliphatic heterocycles. The molecule has 0 aliphatic carbocycles. The number of hydrogen-bond acceptors (Lipinski definition) is 0. The second kappa shape index (κ2) is 6.91. The molecule has 1 heterocycles. The van der Waals surface area contributed by atoms with Crippen LogP contribution in [0.4, 0.5) is 13.2 Å². The molecule has 0 bridgehead atoms. The highest BCUT2D eigenvalue weighted by atomic mass is 19.4. The van der Waals surface area contributed by atoms with Crippen molar-refractivity contribution in [3.05, 3.63) is 64.7 Å². The van der Waals surface area contributed by atoms with Crippen LogP contribution in [-0.2, 0) is 13.5 Å². The summed E-state index contributed by atoms with van der Waals surface area (Å²) in [6.45, 7) is 8.83. The van der Waals surface area contributed by atoms with E-state index < -0.39 is 11.6 Å². The molecular formula is C24H27F3N+. The van der Waals surface area contributed by atoms with E-state index in [4.69, 9.17) is 0 Å². The van der Waals surface area contributed by atoms with Crippen molar-refractivity contribution in [2.75, 3.05) is 0 Å². The molecule has 1 aromatic heterocycles. The number of alkyl halides is 3. The van der Waals surface area contributed by atoms with Gasteiger partial charge < -0.3 is 0 Å². The van der Waals surface area contributed by atoms with Crippen molar-refractivity contribution >= 4 is 10.9 Å². The average molecular weight is 386 g/mol. The number of benzene rings is 2. The highest BCUT2D eigenvalue weighted by molar-refractivity contribution is 5.79. The molecule has 148 valence electrons. The molecule has 0 fully saturated rings. The number of pyridine rings is 1. The molecule has 28 heavy (non-hydrogen) atoms. The fourth-order valence-electron chi connectivity index (χ4n) is 3.75. The maximum atomic E-state index is 13.2. The standard InChI is InChI=1S/C24H27F3N/c1-15-11-16(2)17(3)20(12-15)22-10-8-19-13-18(7-9-21(19)28(22)6)14-23(4,5)24(25,26)27/h7-13H,14H2,1-6H3/q+1. The zero-order chi connectivity index (χ0) is 20.9. The Morgan fingerprint density at radius 1 is 0.893 bits per heavy atom. The minimum absolute atomic E-state index is 0.0336. The normalized spacial score (nSPS) is 12.6. The van der Waals surface area contributed by atoms with E-state index in [1.807, 2.05) is 31.3 Å². The van der Waals surface area contributed by atoms with E-state index >= 15 is 0 Å². The van der Waals surface area contributed by atoms with Gasteiger partial charge in [0.15, 0.2) is 0 Å². The molecule has 0 aliphatic rings.